The fraction of sp³-hybridized carbons (Fsp3) is 0.571. The number of alkyl halides is 1. The molecule has 1 saturated carbocycles. The SMILES string of the molecule is CC(C)COC(=O)Nc1cccn([C@H]2C[C@H](F)C2)c1=O. The van der Waals surface area contributed by atoms with Crippen molar-refractivity contribution in [1.82, 2.24) is 4.57 Å². The van der Waals surface area contributed by atoms with Crippen LogP contribution in [0.3, 0.4) is 0 Å². The summed E-state index contributed by atoms with van der Waals surface area (Å²) in [6.07, 6.45) is 0.830. The third kappa shape index (κ3) is 3.37. The average molecular weight is 282 g/mol. The molecule has 20 heavy (non-hydrogen) atoms. The Balaban J connectivity index is 2.03. The van der Waals surface area contributed by atoms with Gasteiger partial charge in [-0.1, -0.05) is 13.8 Å². The third-order valence-corrected chi connectivity index (χ3v) is 3.21. The summed E-state index contributed by atoms with van der Waals surface area (Å²) in [5, 5.41) is 2.43. The molecular weight excluding hydrogens is 263 g/mol. The number of amides is 1. The molecular formula is C14H19FN2O3. The summed E-state index contributed by atoms with van der Waals surface area (Å²) in [5.74, 6) is 0.227. The van der Waals surface area contributed by atoms with Gasteiger partial charge in [-0.25, -0.2) is 9.18 Å². The second kappa shape index (κ2) is 6.07. The van der Waals surface area contributed by atoms with Gasteiger partial charge in [0, 0.05) is 12.2 Å². The number of anilines is 1. The summed E-state index contributed by atoms with van der Waals surface area (Å²) in [6, 6.07) is 3.05. The zero-order valence-electron chi connectivity index (χ0n) is 11.6. The van der Waals surface area contributed by atoms with Crippen molar-refractivity contribution in [2.75, 3.05) is 11.9 Å². The molecule has 1 N–H and O–H groups in total. The van der Waals surface area contributed by atoms with E-state index in [0.29, 0.717) is 19.4 Å². The first-order valence-corrected chi connectivity index (χ1v) is 6.76. The van der Waals surface area contributed by atoms with Gasteiger partial charge in [0.15, 0.2) is 0 Å². The van der Waals surface area contributed by atoms with E-state index in [4.69, 9.17) is 4.74 Å². The van der Waals surface area contributed by atoms with Crippen LogP contribution in [0.25, 0.3) is 0 Å². The van der Waals surface area contributed by atoms with Crippen molar-refractivity contribution in [3.05, 3.63) is 28.7 Å². The number of carbonyl (C=O) groups is 1. The smallest absolute Gasteiger partial charge is 0.411 e. The van der Waals surface area contributed by atoms with Gasteiger partial charge in [-0.3, -0.25) is 10.1 Å². The number of halogens is 1. The first kappa shape index (κ1) is 14.6. The maximum absolute atomic E-state index is 12.9. The van der Waals surface area contributed by atoms with Gasteiger partial charge in [0.1, 0.15) is 11.9 Å². The monoisotopic (exact) mass is 282 g/mol. The Hall–Kier alpha value is -1.85. The number of nitrogens with zero attached hydrogens (tertiary/aromatic N) is 1. The van der Waals surface area contributed by atoms with Crippen molar-refractivity contribution in [3.8, 4) is 0 Å². The van der Waals surface area contributed by atoms with Crippen LogP contribution in [-0.4, -0.2) is 23.4 Å². The maximum Gasteiger partial charge on any atom is 0.411 e. The van der Waals surface area contributed by atoms with Crippen molar-refractivity contribution in [1.29, 1.82) is 0 Å². The number of hydrogen-bond acceptors (Lipinski definition) is 3. The Kier molecular flexibility index (Phi) is 4.42. The van der Waals surface area contributed by atoms with E-state index in [9.17, 15) is 14.0 Å². The first-order chi connectivity index (χ1) is 9.47. The van der Waals surface area contributed by atoms with E-state index in [1.165, 1.54) is 10.6 Å². The van der Waals surface area contributed by atoms with Gasteiger partial charge >= 0.3 is 6.09 Å². The van der Waals surface area contributed by atoms with E-state index in [1.807, 2.05) is 13.8 Å². The minimum atomic E-state index is -0.834. The zero-order valence-corrected chi connectivity index (χ0v) is 11.6. The van der Waals surface area contributed by atoms with Crippen LogP contribution < -0.4 is 10.9 Å². The molecule has 0 aliphatic heterocycles. The number of pyridine rings is 1. The molecule has 1 aliphatic rings. The summed E-state index contributed by atoms with van der Waals surface area (Å²) in [7, 11) is 0. The van der Waals surface area contributed by atoms with Crippen molar-refractivity contribution >= 4 is 11.8 Å². The van der Waals surface area contributed by atoms with Crippen molar-refractivity contribution in [2.24, 2.45) is 5.92 Å². The maximum atomic E-state index is 12.9. The van der Waals surface area contributed by atoms with Crippen LogP contribution in [0.4, 0.5) is 14.9 Å². The lowest BCUT2D eigenvalue weighted by molar-refractivity contribution is 0.134. The third-order valence-electron chi connectivity index (χ3n) is 3.21. The molecule has 2 rings (SSSR count). The van der Waals surface area contributed by atoms with E-state index in [0.717, 1.165) is 0 Å². The van der Waals surface area contributed by atoms with Crippen molar-refractivity contribution in [2.45, 2.75) is 38.9 Å². The molecule has 0 bridgehead atoms. The normalized spacial score (nSPS) is 21.4. The molecule has 1 aromatic heterocycles. The average Bonchev–Trinajstić information content (AvgIpc) is 2.36. The summed E-state index contributed by atoms with van der Waals surface area (Å²) in [5.41, 5.74) is -0.172. The predicted molar refractivity (Wildman–Crippen MR) is 73.7 cm³/mol. The number of hydrogen-bond donors (Lipinski definition) is 1. The molecule has 0 unspecified atom stereocenters. The van der Waals surface area contributed by atoms with E-state index in [2.05, 4.69) is 5.32 Å². The zero-order chi connectivity index (χ0) is 14.7. The van der Waals surface area contributed by atoms with Gasteiger partial charge in [0.05, 0.1) is 6.61 Å². The van der Waals surface area contributed by atoms with Gasteiger partial charge < -0.3 is 9.30 Å². The highest BCUT2D eigenvalue weighted by atomic mass is 19.1. The second-order valence-electron chi connectivity index (χ2n) is 5.47. The summed E-state index contributed by atoms with van der Waals surface area (Å²) >= 11 is 0. The van der Waals surface area contributed by atoms with E-state index in [1.54, 1.807) is 12.3 Å². The molecule has 1 amide bonds. The summed E-state index contributed by atoms with van der Waals surface area (Å²) in [4.78, 5) is 23.7. The lowest BCUT2D eigenvalue weighted by Crippen LogP contribution is -2.35. The molecule has 0 radical (unpaired) electrons. The van der Waals surface area contributed by atoms with Crippen LogP contribution in [0, 0.1) is 5.92 Å². The van der Waals surface area contributed by atoms with Crippen LogP contribution in [0.15, 0.2) is 23.1 Å². The molecule has 5 nitrogen and oxygen atoms in total. The molecule has 6 heteroatoms. The molecule has 1 heterocycles. The minimum absolute atomic E-state index is 0.120. The van der Waals surface area contributed by atoms with E-state index in [-0.39, 0.29) is 23.2 Å². The number of rotatable bonds is 4. The quantitative estimate of drug-likeness (QED) is 0.923. The van der Waals surface area contributed by atoms with E-state index >= 15 is 0 Å². The van der Waals surface area contributed by atoms with Crippen molar-refractivity contribution < 1.29 is 13.9 Å². The van der Waals surface area contributed by atoms with Crippen LogP contribution in [0.2, 0.25) is 0 Å². The molecule has 1 aromatic rings. The highest BCUT2D eigenvalue weighted by molar-refractivity contribution is 5.84. The lowest BCUT2D eigenvalue weighted by atomic mass is 9.90. The largest absolute Gasteiger partial charge is 0.449 e. The van der Waals surface area contributed by atoms with Gasteiger partial charge in [-0.05, 0) is 30.9 Å². The predicted octanol–water partition coefficient (Wildman–Crippen LogP) is 2.73. The first-order valence-electron chi connectivity index (χ1n) is 6.76. The fourth-order valence-electron chi connectivity index (χ4n) is 2.03. The number of aromatic nitrogens is 1. The summed E-state index contributed by atoms with van der Waals surface area (Å²) in [6.45, 7) is 4.14. The Morgan fingerprint density at radius 2 is 2.25 bits per heavy atom. The van der Waals surface area contributed by atoms with Gasteiger partial charge in [0.2, 0.25) is 0 Å². The standard InChI is InChI=1S/C14H19FN2O3/c1-9(2)8-20-14(19)16-12-4-3-5-17(13(12)18)11-6-10(15)7-11/h3-5,9-11H,6-8H2,1-2H3,(H,16,19)/t10-,11-. The summed E-state index contributed by atoms with van der Waals surface area (Å²) < 4.78 is 19.3. The fourth-order valence-corrected chi connectivity index (χ4v) is 2.03. The number of carbonyl (C=O) groups excluding carboxylic acids is 1. The van der Waals surface area contributed by atoms with Gasteiger partial charge in [0.25, 0.3) is 5.56 Å². The van der Waals surface area contributed by atoms with Crippen LogP contribution in [-0.2, 0) is 4.74 Å². The Morgan fingerprint density at radius 3 is 2.85 bits per heavy atom. The highest BCUT2D eigenvalue weighted by Gasteiger charge is 2.31. The van der Waals surface area contributed by atoms with Crippen LogP contribution in [0.5, 0.6) is 0 Å². The van der Waals surface area contributed by atoms with Gasteiger partial charge in [-0.2, -0.15) is 0 Å². The van der Waals surface area contributed by atoms with E-state index < -0.39 is 12.3 Å². The Bertz CT molecular complexity index is 535. The minimum Gasteiger partial charge on any atom is -0.449 e. The number of ether oxygens (including phenoxy) is 1. The van der Waals surface area contributed by atoms with Gasteiger partial charge in [-0.15, -0.1) is 0 Å². The van der Waals surface area contributed by atoms with Crippen molar-refractivity contribution in [3.63, 3.8) is 0 Å². The molecule has 0 spiro atoms. The Morgan fingerprint density at radius 1 is 1.55 bits per heavy atom. The Labute approximate surface area is 116 Å². The molecule has 1 fully saturated rings. The second-order valence-corrected chi connectivity index (χ2v) is 5.47. The number of nitrogens with one attached hydrogen (secondary N) is 1. The molecule has 110 valence electrons. The molecule has 0 aromatic carbocycles. The molecule has 1 aliphatic carbocycles. The van der Waals surface area contributed by atoms with Crippen LogP contribution >= 0.6 is 0 Å². The lowest BCUT2D eigenvalue weighted by Gasteiger charge is -2.31. The van der Waals surface area contributed by atoms with Crippen LogP contribution in [0.1, 0.15) is 32.7 Å². The molecule has 0 atom stereocenters. The topological polar surface area (TPSA) is 60.3 Å². The molecule has 0 saturated heterocycles. The highest BCUT2D eigenvalue weighted by Crippen LogP contribution is 2.33.